The zero-order valence-corrected chi connectivity index (χ0v) is 18.2. The Hall–Kier alpha value is -1.67. The van der Waals surface area contributed by atoms with Crippen molar-refractivity contribution in [1.29, 1.82) is 0 Å². The van der Waals surface area contributed by atoms with Crippen LogP contribution in [0.5, 0.6) is 0 Å². The Morgan fingerprint density at radius 1 is 1.12 bits per heavy atom. The van der Waals surface area contributed by atoms with Crippen molar-refractivity contribution in [3.05, 3.63) is 29.1 Å². The van der Waals surface area contributed by atoms with E-state index in [-0.39, 0.29) is 29.3 Å². The standard InChI is InChI=1S/C24H30F3N3O2/c25-24(26,27)16-10-15-14-30-21(31)22(7-3-18(11-22)29-17-4-8-32-9-5-17)20-2-1-6-23(20,30)12-19(15)28-13-16/h10,13,17-18,20,29H,1-9,11-12,14H2/t18-,20?,22+,23?/m1/s1. The maximum atomic E-state index is 13.9. The molecule has 6 rings (SSSR count). The van der Waals surface area contributed by atoms with Crippen molar-refractivity contribution in [3.8, 4) is 0 Å². The third-order valence-corrected chi connectivity index (χ3v) is 9.06. The lowest BCUT2D eigenvalue weighted by Gasteiger charge is -2.43. The number of alkyl halides is 3. The number of ether oxygens (including phenoxy) is 1. The summed E-state index contributed by atoms with van der Waals surface area (Å²) in [5.74, 6) is 0.461. The van der Waals surface area contributed by atoms with Gasteiger partial charge in [-0.3, -0.25) is 9.78 Å². The quantitative estimate of drug-likeness (QED) is 0.746. The van der Waals surface area contributed by atoms with E-state index in [1.165, 1.54) is 6.07 Å². The molecule has 2 aliphatic carbocycles. The molecular formula is C24H30F3N3O2. The van der Waals surface area contributed by atoms with Gasteiger partial charge in [0.1, 0.15) is 0 Å². The number of halogens is 3. The molecule has 4 heterocycles. The summed E-state index contributed by atoms with van der Waals surface area (Å²) in [6.07, 6.45) is 4.93. The first kappa shape index (κ1) is 20.9. The zero-order valence-electron chi connectivity index (χ0n) is 18.2. The number of carbonyl (C=O) groups is 1. The van der Waals surface area contributed by atoms with Crippen LogP contribution < -0.4 is 5.32 Å². The van der Waals surface area contributed by atoms with Crippen LogP contribution in [0.3, 0.4) is 0 Å². The average molecular weight is 450 g/mol. The molecule has 2 saturated carbocycles. The highest BCUT2D eigenvalue weighted by atomic mass is 19.4. The number of hydrogen-bond donors (Lipinski definition) is 1. The molecule has 3 aliphatic heterocycles. The van der Waals surface area contributed by atoms with E-state index in [1.54, 1.807) is 0 Å². The second-order valence-electron chi connectivity index (χ2n) is 10.6. The monoisotopic (exact) mass is 449 g/mol. The van der Waals surface area contributed by atoms with Gasteiger partial charge < -0.3 is 15.0 Å². The van der Waals surface area contributed by atoms with Crippen LogP contribution in [0.1, 0.15) is 68.2 Å². The molecule has 0 bridgehead atoms. The van der Waals surface area contributed by atoms with Crippen molar-refractivity contribution in [3.63, 3.8) is 0 Å². The van der Waals surface area contributed by atoms with E-state index in [1.807, 2.05) is 4.90 Å². The molecule has 5 nitrogen and oxygen atoms in total. The van der Waals surface area contributed by atoms with E-state index in [9.17, 15) is 18.0 Å². The predicted octanol–water partition coefficient (Wildman–Crippen LogP) is 3.85. The van der Waals surface area contributed by atoms with Gasteiger partial charge in [0.05, 0.1) is 16.5 Å². The molecule has 32 heavy (non-hydrogen) atoms. The third-order valence-electron chi connectivity index (χ3n) is 9.06. The largest absolute Gasteiger partial charge is 0.417 e. The minimum Gasteiger partial charge on any atom is -0.381 e. The first-order valence-electron chi connectivity index (χ1n) is 12.0. The number of nitrogens with zero attached hydrogens (tertiary/aromatic N) is 2. The second-order valence-corrected chi connectivity index (χ2v) is 10.6. The van der Waals surface area contributed by atoms with Gasteiger partial charge in [0.25, 0.3) is 0 Å². The van der Waals surface area contributed by atoms with Gasteiger partial charge >= 0.3 is 6.18 Å². The smallest absolute Gasteiger partial charge is 0.381 e. The van der Waals surface area contributed by atoms with Gasteiger partial charge in [-0.05, 0) is 62.5 Å². The van der Waals surface area contributed by atoms with Crippen molar-refractivity contribution in [2.45, 2.75) is 88.1 Å². The number of nitrogens with one attached hydrogen (secondary N) is 1. The Morgan fingerprint density at radius 2 is 1.94 bits per heavy atom. The molecule has 2 saturated heterocycles. The van der Waals surface area contributed by atoms with Crippen LogP contribution in [0, 0.1) is 11.3 Å². The topological polar surface area (TPSA) is 54.5 Å². The van der Waals surface area contributed by atoms with Crippen LogP contribution in [0.2, 0.25) is 0 Å². The highest BCUT2D eigenvalue weighted by Crippen LogP contribution is 2.64. The number of pyridine rings is 1. The summed E-state index contributed by atoms with van der Waals surface area (Å²) < 4.78 is 45.2. The normalized spacial score (nSPS) is 37.1. The van der Waals surface area contributed by atoms with Gasteiger partial charge in [-0.2, -0.15) is 13.2 Å². The Labute approximate surface area is 186 Å². The van der Waals surface area contributed by atoms with E-state index in [0.29, 0.717) is 24.1 Å². The minimum absolute atomic E-state index is 0.182. The molecule has 1 N–H and O–H groups in total. The predicted molar refractivity (Wildman–Crippen MR) is 111 cm³/mol. The van der Waals surface area contributed by atoms with Crippen LogP contribution in [0.15, 0.2) is 12.3 Å². The van der Waals surface area contributed by atoms with E-state index in [4.69, 9.17) is 4.74 Å². The van der Waals surface area contributed by atoms with Crippen LogP contribution in [0.25, 0.3) is 0 Å². The molecule has 1 aromatic rings. The molecule has 0 aromatic carbocycles. The molecule has 1 amide bonds. The third kappa shape index (κ3) is 2.98. The number of fused-ring (bicyclic) bond motifs is 2. The SMILES string of the molecule is O=C1N2Cc3cc(C(F)(F)F)cnc3CC23CCCC3[C@@]12CC[C@@H](NC1CCOCC1)C2. The summed E-state index contributed by atoms with van der Waals surface area (Å²) in [6.45, 7) is 1.85. The lowest BCUT2D eigenvalue weighted by Crippen LogP contribution is -2.51. The van der Waals surface area contributed by atoms with Crippen molar-refractivity contribution in [1.82, 2.24) is 15.2 Å². The molecule has 2 spiro atoms. The number of rotatable bonds is 2. The Morgan fingerprint density at radius 3 is 2.72 bits per heavy atom. The fourth-order valence-electron chi connectivity index (χ4n) is 7.70. The number of amides is 1. The van der Waals surface area contributed by atoms with Crippen molar-refractivity contribution in [2.24, 2.45) is 11.3 Å². The molecule has 5 aliphatic rings. The first-order chi connectivity index (χ1) is 15.3. The molecule has 8 heteroatoms. The first-order valence-corrected chi connectivity index (χ1v) is 12.0. The van der Waals surface area contributed by atoms with E-state index in [0.717, 1.165) is 76.5 Å². The van der Waals surface area contributed by atoms with Crippen LogP contribution in [-0.4, -0.2) is 46.6 Å². The van der Waals surface area contributed by atoms with Gasteiger partial charge in [-0.25, -0.2) is 0 Å². The zero-order chi connectivity index (χ0) is 22.1. The van der Waals surface area contributed by atoms with E-state index in [2.05, 4.69) is 10.3 Å². The number of carbonyl (C=O) groups excluding carboxylic acids is 1. The van der Waals surface area contributed by atoms with Crippen LogP contribution in [0.4, 0.5) is 13.2 Å². The second kappa shape index (κ2) is 7.16. The number of hydrogen-bond acceptors (Lipinski definition) is 4. The van der Waals surface area contributed by atoms with Gasteiger partial charge in [-0.15, -0.1) is 0 Å². The lowest BCUT2D eigenvalue weighted by atomic mass is 9.68. The highest BCUT2D eigenvalue weighted by Gasteiger charge is 2.69. The summed E-state index contributed by atoms with van der Waals surface area (Å²) in [5.41, 5.74) is -0.0334. The van der Waals surface area contributed by atoms with Crippen molar-refractivity contribution in [2.75, 3.05) is 13.2 Å². The fraction of sp³-hybridized carbons (Fsp3) is 0.750. The molecule has 1 aromatic heterocycles. The molecular weight excluding hydrogens is 419 g/mol. The summed E-state index contributed by atoms with van der Waals surface area (Å²) in [4.78, 5) is 20.2. The minimum atomic E-state index is -4.42. The van der Waals surface area contributed by atoms with E-state index >= 15 is 0 Å². The Kier molecular flexibility index (Phi) is 4.68. The summed E-state index contributed by atoms with van der Waals surface area (Å²) in [7, 11) is 0. The molecule has 4 atom stereocenters. The van der Waals surface area contributed by atoms with Gasteiger partial charge in [0.2, 0.25) is 5.91 Å². The average Bonchev–Trinajstić information content (AvgIpc) is 3.42. The Balaban J connectivity index is 1.29. The summed E-state index contributed by atoms with van der Waals surface area (Å²) in [5, 5.41) is 3.80. The van der Waals surface area contributed by atoms with Gasteiger partial charge in [0.15, 0.2) is 0 Å². The lowest BCUT2D eigenvalue weighted by molar-refractivity contribution is -0.139. The van der Waals surface area contributed by atoms with Crippen molar-refractivity contribution >= 4 is 5.91 Å². The fourth-order valence-corrected chi connectivity index (χ4v) is 7.70. The van der Waals surface area contributed by atoms with Crippen LogP contribution >= 0.6 is 0 Å². The van der Waals surface area contributed by atoms with E-state index < -0.39 is 11.7 Å². The summed E-state index contributed by atoms with van der Waals surface area (Å²) >= 11 is 0. The van der Waals surface area contributed by atoms with Crippen molar-refractivity contribution < 1.29 is 22.7 Å². The molecule has 4 fully saturated rings. The molecule has 2 unspecified atom stereocenters. The maximum absolute atomic E-state index is 13.9. The molecule has 174 valence electrons. The van der Waals surface area contributed by atoms with Gasteiger partial charge in [0, 0.05) is 50.2 Å². The summed E-state index contributed by atoms with van der Waals surface area (Å²) in [6, 6.07) is 2.00. The van der Waals surface area contributed by atoms with Crippen LogP contribution in [-0.2, 0) is 28.7 Å². The maximum Gasteiger partial charge on any atom is 0.417 e. The van der Waals surface area contributed by atoms with Gasteiger partial charge in [-0.1, -0.05) is 6.42 Å². The highest BCUT2D eigenvalue weighted by molar-refractivity contribution is 5.88. The Bertz CT molecular complexity index is 932. The number of aromatic nitrogens is 1. The molecule has 0 radical (unpaired) electrons.